The van der Waals surface area contributed by atoms with Crippen molar-refractivity contribution >= 4 is 27.3 Å². The van der Waals surface area contributed by atoms with Crippen molar-refractivity contribution in [3.8, 4) is 22.6 Å². The Morgan fingerprint density at radius 1 is 1.03 bits per heavy atom. The zero-order chi connectivity index (χ0) is 25.8. The molecule has 0 radical (unpaired) electrons. The number of phenols is 1. The second kappa shape index (κ2) is 10.2. The third kappa shape index (κ3) is 6.87. The van der Waals surface area contributed by atoms with Crippen LogP contribution in [0.4, 0.5) is 24.5 Å². The Hall–Kier alpha value is -3.77. The van der Waals surface area contributed by atoms with E-state index in [0.29, 0.717) is 11.1 Å². The summed E-state index contributed by atoms with van der Waals surface area (Å²) in [6.45, 7) is -0.441. The Bertz CT molecular complexity index is 1330. The van der Waals surface area contributed by atoms with E-state index in [2.05, 4.69) is 10.0 Å². The Morgan fingerprint density at radius 3 is 2.31 bits per heavy atom. The van der Waals surface area contributed by atoms with Gasteiger partial charge in [0.25, 0.3) is 5.91 Å². The van der Waals surface area contributed by atoms with Crippen molar-refractivity contribution in [2.24, 2.45) is 0 Å². The highest BCUT2D eigenvalue weighted by atomic mass is 32.2. The third-order valence-corrected chi connectivity index (χ3v) is 5.26. The van der Waals surface area contributed by atoms with E-state index in [1.807, 2.05) is 0 Å². The number of carbonyl (C=O) groups is 1. The van der Waals surface area contributed by atoms with E-state index in [9.17, 15) is 31.5 Å². The highest BCUT2D eigenvalue weighted by molar-refractivity contribution is 7.92. The molecule has 1 amide bonds. The minimum atomic E-state index is -4.48. The van der Waals surface area contributed by atoms with Gasteiger partial charge in [-0.05, 0) is 54.1 Å². The molecule has 3 aromatic carbocycles. The van der Waals surface area contributed by atoms with E-state index in [-0.39, 0.29) is 41.7 Å². The van der Waals surface area contributed by atoms with E-state index < -0.39 is 27.7 Å². The summed E-state index contributed by atoms with van der Waals surface area (Å²) in [5, 5.41) is 21.5. The molecule has 0 saturated carbocycles. The van der Waals surface area contributed by atoms with Crippen molar-refractivity contribution in [3.63, 3.8) is 0 Å². The van der Waals surface area contributed by atoms with Gasteiger partial charge in [-0.1, -0.05) is 12.1 Å². The molecule has 12 heteroatoms. The maximum Gasteiger partial charge on any atom is 0.416 e. The van der Waals surface area contributed by atoms with Gasteiger partial charge in [-0.3, -0.25) is 9.52 Å². The second-order valence-electron chi connectivity index (χ2n) is 7.42. The topological polar surface area (TPSA) is 125 Å². The van der Waals surface area contributed by atoms with Crippen LogP contribution in [-0.4, -0.2) is 44.0 Å². The molecule has 0 aliphatic rings. The Labute approximate surface area is 199 Å². The summed E-state index contributed by atoms with van der Waals surface area (Å²) in [6, 6.07) is 12.5. The molecule has 0 atom stereocenters. The minimum absolute atomic E-state index is 0.114. The van der Waals surface area contributed by atoms with Crippen LogP contribution in [0.2, 0.25) is 0 Å². The first kappa shape index (κ1) is 25.8. The van der Waals surface area contributed by atoms with E-state index in [1.165, 1.54) is 48.5 Å². The van der Waals surface area contributed by atoms with Crippen molar-refractivity contribution in [2.75, 3.05) is 29.5 Å². The number of benzene rings is 3. The van der Waals surface area contributed by atoms with Crippen LogP contribution >= 0.6 is 0 Å². The highest BCUT2D eigenvalue weighted by Crippen LogP contribution is 2.35. The van der Waals surface area contributed by atoms with Gasteiger partial charge in [0.1, 0.15) is 18.1 Å². The molecule has 0 unspecified atom stereocenters. The molecule has 3 rings (SSSR count). The summed E-state index contributed by atoms with van der Waals surface area (Å²) in [4.78, 5) is 12.8. The van der Waals surface area contributed by atoms with Gasteiger partial charge in [-0.2, -0.15) is 13.2 Å². The standard InChI is InChI=1S/C23H21F3N2O6S/c1-35(32,33)28-19-13-17(7-9-20(19)30)27-22(31)15-4-8-18(21(12-15)34-11-10-29)14-2-5-16(6-3-14)23(24,25)26/h2-9,12-13,28-30H,10-11H2,1H3,(H,27,31). The number of aromatic hydroxyl groups is 1. The number of halogens is 3. The number of phenolic OH excluding ortho intramolecular Hbond substituents is 1. The summed E-state index contributed by atoms with van der Waals surface area (Å²) in [7, 11) is -3.68. The minimum Gasteiger partial charge on any atom is -0.506 e. The fraction of sp³-hybridized carbons (Fsp3) is 0.174. The zero-order valence-corrected chi connectivity index (χ0v) is 19.1. The second-order valence-corrected chi connectivity index (χ2v) is 9.17. The van der Waals surface area contributed by atoms with Crippen LogP contribution in [0.3, 0.4) is 0 Å². The maximum atomic E-state index is 12.9. The van der Waals surface area contributed by atoms with Gasteiger partial charge in [0.05, 0.1) is 24.1 Å². The molecule has 4 N–H and O–H groups in total. The lowest BCUT2D eigenvalue weighted by Gasteiger charge is -2.14. The number of amides is 1. The molecular formula is C23H21F3N2O6S. The Balaban J connectivity index is 1.89. The highest BCUT2D eigenvalue weighted by Gasteiger charge is 2.30. The van der Waals surface area contributed by atoms with E-state index in [4.69, 9.17) is 9.84 Å². The number of hydrogen-bond donors (Lipinski definition) is 4. The van der Waals surface area contributed by atoms with Gasteiger partial charge < -0.3 is 20.3 Å². The van der Waals surface area contributed by atoms with Crippen molar-refractivity contribution in [3.05, 3.63) is 71.8 Å². The number of sulfonamides is 1. The number of ether oxygens (including phenoxy) is 1. The van der Waals surface area contributed by atoms with Gasteiger partial charge in [-0.15, -0.1) is 0 Å². The average molecular weight is 510 g/mol. The van der Waals surface area contributed by atoms with Crippen LogP contribution in [0.5, 0.6) is 11.5 Å². The summed E-state index contributed by atoms with van der Waals surface area (Å²) >= 11 is 0. The molecular weight excluding hydrogens is 489 g/mol. The molecule has 3 aromatic rings. The number of alkyl halides is 3. The predicted molar refractivity (Wildman–Crippen MR) is 124 cm³/mol. The van der Waals surface area contributed by atoms with Crippen LogP contribution in [0.1, 0.15) is 15.9 Å². The third-order valence-electron chi connectivity index (χ3n) is 4.67. The van der Waals surface area contributed by atoms with Crippen LogP contribution in [-0.2, 0) is 16.2 Å². The SMILES string of the molecule is CS(=O)(=O)Nc1cc(NC(=O)c2ccc(-c3ccc(C(F)(F)F)cc3)c(OCCO)c2)ccc1O. The smallest absolute Gasteiger partial charge is 0.416 e. The first-order valence-electron chi connectivity index (χ1n) is 10.0. The van der Waals surface area contributed by atoms with Gasteiger partial charge >= 0.3 is 6.18 Å². The monoisotopic (exact) mass is 510 g/mol. The first-order valence-corrected chi connectivity index (χ1v) is 11.9. The summed E-state index contributed by atoms with van der Waals surface area (Å²) in [6.07, 6.45) is -3.58. The predicted octanol–water partition coefficient (Wildman–Crippen LogP) is 4.07. The molecule has 0 bridgehead atoms. The summed E-state index contributed by atoms with van der Waals surface area (Å²) in [5.74, 6) is -0.778. The lowest BCUT2D eigenvalue weighted by molar-refractivity contribution is -0.137. The fourth-order valence-corrected chi connectivity index (χ4v) is 3.68. The number of aliphatic hydroxyl groups excluding tert-OH is 1. The molecule has 0 spiro atoms. The van der Waals surface area contributed by atoms with Crippen molar-refractivity contribution < 1.29 is 41.3 Å². The lowest BCUT2D eigenvalue weighted by atomic mass is 10.0. The van der Waals surface area contributed by atoms with Gasteiger partial charge in [0.15, 0.2) is 0 Å². The lowest BCUT2D eigenvalue weighted by Crippen LogP contribution is -2.14. The van der Waals surface area contributed by atoms with Crippen LogP contribution in [0.25, 0.3) is 11.1 Å². The summed E-state index contributed by atoms with van der Waals surface area (Å²) in [5.41, 5.74) is 0.187. The molecule has 35 heavy (non-hydrogen) atoms. The number of hydrogen-bond acceptors (Lipinski definition) is 6. The Morgan fingerprint density at radius 2 is 1.71 bits per heavy atom. The zero-order valence-electron chi connectivity index (χ0n) is 18.3. The van der Waals surface area contributed by atoms with Gasteiger partial charge in [-0.25, -0.2) is 8.42 Å². The number of aliphatic hydroxyl groups is 1. The van der Waals surface area contributed by atoms with Gasteiger partial charge in [0.2, 0.25) is 10.0 Å². The van der Waals surface area contributed by atoms with E-state index in [1.54, 1.807) is 0 Å². The van der Waals surface area contributed by atoms with E-state index >= 15 is 0 Å². The molecule has 0 heterocycles. The average Bonchev–Trinajstić information content (AvgIpc) is 2.78. The normalized spacial score (nSPS) is 11.7. The van der Waals surface area contributed by atoms with Crippen LogP contribution in [0.15, 0.2) is 60.7 Å². The number of anilines is 2. The molecule has 0 saturated heterocycles. The van der Waals surface area contributed by atoms with Crippen molar-refractivity contribution in [1.29, 1.82) is 0 Å². The quantitative estimate of drug-likeness (QED) is 0.268. The number of nitrogens with one attached hydrogen (secondary N) is 2. The van der Waals surface area contributed by atoms with E-state index in [0.717, 1.165) is 18.4 Å². The summed E-state index contributed by atoms with van der Waals surface area (Å²) < 4.78 is 69.2. The number of carbonyl (C=O) groups excluding carboxylic acids is 1. The number of rotatable bonds is 8. The molecule has 186 valence electrons. The van der Waals surface area contributed by atoms with Crippen molar-refractivity contribution in [1.82, 2.24) is 0 Å². The largest absolute Gasteiger partial charge is 0.506 e. The molecule has 8 nitrogen and oxygen atoms in total. The molecule has 0 aromatic heterocycles. The Kier molecular flexibility index (Phi) is 7.56. The van der Waals surface area contributed by atoms with Crippen molar-refractivity contribution in [2.45, 2.75) is 6.18 Å². The van der Waals surface area contributed by atoms with Crippen LogP contribution in [0, 0.1) is 0 Å². The molecule has 0 aliphatic carbocycles. The van der Waals surface area contributed by atoms with Crippen LogP contribution < -0.4 is 14.8 Å². The fourth-order valence-electron chi connectivity index (χ4n) is 3.11. The molecule has 0 fully saturated rings. The first-order chi connectivity index (χ1) is 16.4. The van der Waals surface area contributed by atoms with Gasteiger partial charge in [0, 0.05) is 16.8 Å². The molecule has 0 aliphatic heterocycles. The maximum absolute atomic E-state index is 12.9.